The van der Waals surface area contributed by atoms with Crippen molar-refractivity contribution in [3.05, 3.63) is 48.0 Å². The zero-order valence-electron chi connectivity index (χ0n) is 16.9. The summed E-state index contributed by atoms with van der Waals surface area (Å²) >= 11 is 0. The van der Waals surface area contributed by atoms with Gasteiger partial charge in [-0.1, -0.05) is 12.1 Å². The van der Waals surface area contributed by atoms with Crippen molar-refractivity contribution < 1.29 is 28.9 Å². The number of fused-ring (bicyclic) bond motifs is 1. The highest BCUT2D eigenvalue weighted by Crippen LogP contribution is 2.34. The van der Waals surface area contributed by atoms with Gasteiger partial charge >= 0.3 is 5.97 Å². The lowest BCUT2D eigenvalue weighted by Crippen LogP contribution is -2.35. The summed E-state index contributed by atoms with van der Waals surface area (Å²) in [6.07, 6.45) is 0.113. The van der Waals surface area contributed by atoms with Gasteiger partial charge in [0.1, 0.15) is 13.2 Å². The fourth-order valence-electron chi connectivity index (χ4n) is 3.05. The average Bonchev–Trinajstić information content (AvgIpc) is 2.81. The number of nitriles is 1. The molecule has 2 aromatic rings. The summed E-state index contributed by atoms with van der Waals surface area (Å²) in [6.45, 7) is 0.687. The summed E-state index contributed by atoms with van der Waals surface area (Å²) in [5.74, 6) is -0.0432. The number of ether oxygens (including phenoxy) is 3. The first kappa shape index (κ1) is 21.9. The summed E-state index contributed by atoms with van der Waals surface area (Å²) < 4.78 is 16.3. The molecule has 1 aliphatic rings. The fraction of sp³-hybridized carbons (Fsp3) is 0.318. The van der Waals surface area contributed by atoms with Crippen LogP contribution in [0.25, 0.3) is 0 Å². The van der Waals surface area contributed by atoms with Crippen LogP contribution in [0.1, 0.15) is 16.8 Å². The van der Waals surface area contributed by atoms with Crippen LogP contribution in [-0.4, -0.2) is 56.5 Å². The maximum atomic E-state index is 12.8. The van der Waals surface area contributed by atoms with Crippen LogP contribution in [0, 0.1) is 11.3 Å². The molecule has 0 radical (unpaired) electrons. The third kappa shape index (κ3) is 5.65. The third-order valence-electron chi connectivity index (χ3n) is 4.49. The molecule has 1 amide bonds. The quantitative estimate of drug-likeness (QED) is 0.585. The van der Waals surface area contributed by atoms with Crippen LogP contribution in [0.5, 0.6) is 11.5 Å². The Balaban J connectivity index is 1.70. The molecule has 0 bridgehead atoms. The Kier molecular flexibility index (Phi) is 7.67. The normalized spacial score (nSPS) is 11.9. The highest BCUT2D eigenvalue weighted by Gasteiger charge is 2.21. The van der Waals surface area contributed by atoms with Crippen molar-refractivity contribution in [2.45, 2.75) is 6.42 Å². The van der Waals surface area contributed by atoms with E-state index in [0.29, 0.717) is 36.1 Å². The van der Waals surface area contributed by atoms with Crippen LogP contribution in [-0.2, 0) is 9.53 Å². The van der Waals surface area contributed by atoms with Gasteiger partial charge in [0, 0.05) is 30.5 Å². The summed E-state index contributed by atoms with van der Waals surface area (Å²) in [4.78, 5) is 26.7. The number of amides is 1. The highest BCUT2D eigenvalue weighted by molar-refractivity contribution is 5.99. The van der Waals surface area contributed by atoms with Crippen LogP contribution in [0.3, 0.4) is 0 Å². The summed E-state index contributed by atoms with van der Waals surface area (Å²) in [7, 11) is 0. The molecule has 31 heavy (non-hydrogen) atoms. The van der Waals surface area contributed by atoms with Gasteiger partial charge in [-0.3, -0.25) is 4.79 Å². The van der Waals surface area contributed by atoms with Gasteiger partial charge in [-0.05, 0) is 24.3 Å². The molecule has 2 N–H and O–H groups in total. The number of hydrogen-bond acceptors (Lipinski definition) is 8. The monoisotopic (exact) mass is 425 g/mol. The number of nitrogens with one attached hydrogen (secondary N) is 1. The van der Waals surface area contributed by atoms with E-state index in [4.69, 9.17) is 24.6 Å². The molecule has 162 valence electrons. The number of benzene rings is 2. The highest BCUT2D eigenvalue weighted by atomic mass is 16.6. The van der Waals surface area contributed by atoms with Crippen molar-refractivity contribution in [2.24, 2.45) is 0 Å². The molecule has 0 fully saturated rings. The lowest BCUT2D eigenvalue weighted by atomic mass is 10.2. The minimum atomic E-state index is -0.670. The smallest absolute Gasteiger partial charge is 0.340 e. The number of aliphatic hydroxyl groups is 1. The molecule has 0 unspecified atom stereocenters. The van der Waals surface area contributed by atoms with E-state index in [0.717, 1.165) is 0 Å². The number of carbonyl (C=O) groups is 2. The van der Waals surface area contributed by atoms with Crippen molar-refractivity contribution >= 4 is 23.3 Å². The first-order chi connectivity index (χ1) is 15.1. The lowest BCUT2D eigenvalue weighted by molar-refractivity contribution is -0.121. The number of hydrogen-bond donors (Lipinski definition) is 2. The Labute approximate surface area is 179 Å². The maximum Gasteiger partial charge on any atom is 0.340 e. The molecule has 3 rings (SSSR count). The number of rotatable bonds is 9. The second kappa shape index (κ2) is 10.8. The number of esters is 1. The topological polar surface area (TPSA) is 121 Å². The molecule has 2 aromatic carbocycles. The van der Waals surface area contributed by atoms with E-state index in [9.17, 15) is 9.59 Å². The molecule has 0 spiro atoms. The van der Waals surface area contributed by atoms with E-state index >= 15 is 0 Å². The van der Waals surface area contributed by atoms with Gasteiger partial charge in [-0.25, -0.2) is 4.79 Å². The molecule has 1 aliphatic heterocycles. The van der Waals surface area contributed by atoms with Crippen molar-refractivity contribution in [1.29, 1.82) is 5.26 Å². The van der Waals surface area contributed by atoms with Crippen molar-refractivity contribution in [1.82, 2.24) is 0 Å². The van der Waals surface area contributed by atoms with E-state index in [-0.39, 0.29) is 31.7 Å². The zero-order valence-corrected chi connectivity index (χ0v) is 16.9. The predicted octanol–water partition coefficient (Wildman–Crippen LogP) is 1.97. The second-order valence-electron chi connectivity index (χ2n) is 6.55. The number of aliphatic hydroxyl groups excluding tert-OH is 1. The number of para-hydroxylation sites is 1. The molecular weight excluding hydrogens is 402 g/mol. The van der Waals surface area contributed by atoms with Crippen LogP contribution < -0.4 is 19.7 Å². The number of anilines is 2. The van der Waals surface area contributed by atoms with Gasteiger partial charge in [0.25, 0.3) is 5.91 Å². The van der Waals surface area contributed by atoms with Crippen LogP contribution >= 0.6 is 0 Å². The predicted molar refractivity (Wildman–Crippen MR) is 112 cm³/mol. The van der Waals surface area contributed by atoms with E-state index in [1.54, 1.807) is 42.5 Å². The summed E-state index contributed by atoms with van der Waals surface area (Å²) in [6, 6.07) is 13.8. The van der Waals surface area contributed by atoms with Crippen LogP contribution in [0.15, 0.2) is 42.5 Å². The molecular formula is C22H23N3O6. The Morgan fingerprint density at radius 3 is 2.71 bits per heavy atom. The standard InChI is InChI=1S/C22H23N3O6/c23-8-3-10-25(16-6-7-19-20(14-16)30-13-12-29-19)21(27)15-31-22(28)17-4-1-2-5-18(17)24-9-11-26/h1-2,4-7,14,24,26H,3,9-13,15H2. The molecule has 0 aliphatic carbocycles. The van der Waals surface area contributed by atoms with Gasteiger partial charge < -0.3 is 29.5 Å². The Morgan fingerprint density at radius 1 is 1.16 bits per heavy atom. The molecule has 0 saturated carbocycles. The molecule has 9 heteroatoms. The van der Waals surface area contributed by atoms with Gasteiger partial charge in [0.05, 0.1) is 24.7 Å². The summed E-state index contributed by atoms with van der Waals surface area (Å²) in [5.41, 5.74) is 1.28. The van der Waals surface area contributed by atoms with Crippen LogP contribution in [0.4, 0.5) is 11.4 Å². The average molecular weight is 425 g/mol. The molecule has 1 heterocycles. The van der Waals surface area contributed by atoms with Crippen LogP contribution in [0.2, 0.25) is 0 Å². The van der Waals surface area contributed by atoms with Gasteiger partial charge in [-0.15, -0.1) is 0 Å². The molecule has 0 saturated heterocycles. The Morgan fingerprint density at radius 2 is 1.94 bits per heavy atom. The Hall–Kier alpha value is -3.77. The first-order valence-corrected chi connectivity index (χ1v) is 9.82. The SMILES string of the molecule is N#CCCN(C(=O)COC(=O)c1ccccc1NCCO)c1ccc2c(c1)OCCO2. The van der Waals surface area contributed by atoms with Crippen molar-refractivity contribution in [3.63, 3.8) is 0 Å². The molecule has 0 aromatic heterocycles. The van der Waals surface area contributed by atoms with E-state index in [2.05, 4.69) is 5.32 Å². The van der Waals surface area contributed by atoms with Gasteiger partial charge in [0.2, 0.25) is 0 Å². The Bertz CT molecular complexity index is 972. The van der Waals surface area contributed by atoms with Crippen molar-refractivity contribution in [2.75, 3.05) is 49.7 Å². The van der Waals surface area contributed by atoms with E-state index < -0.39 is 18.5 Å². The van der Waals surface area contributed by atoms with E-state index in [1.807, 2.05) is 6.07 Å². The second-order valence-corrected chi connectivity index (χ2v) is 6.55. The fourth-order valence-corrected chi connectivity index (χ4v) is 3.05. The largest absolute Gasteiger partial charge is 0.486 e. The minimum Gasteiger partial charge on any atom is -0.486 e. The molecule has 0 atom stereocenters. The van der Waals surface area contributed by atoms with Gasteiger partial charge in [0.15, 0.2) is 18.1 Å². The van der Waals surface area contributed by atoms with E-state index in [1.165, 1.54) is 4.90 Å². The first-order valence-electron chi connectivity index (χ1n) is 9.82. The maximum absolute atomic E-state index is 12.8. The lowest BCUT2D eigenvalue weighted by Gasteiger charge is -2.24. The summed E-state index contributed by atoms with van der Waals surface area (Å²) in [5, 5.41) is 20.9. The third-order valence-corrected chi connectivity index (χ3v) is 4.49. The van der Waals surface area contributed by atoms with Crippen molar-refractivity contribution in [3.8, 4) is 17.6 Å². The zero-order chi connectivity index (χ0) is 22.1. The number of nitrogens with zero attached hydrogens (tertiary/aromatic N) is 2. The minimum absolute atomic E-state index is 0.0920. The van der Waals surface area contributed by atoms with Gasteiger partial charge in [-0.2, -0.15) is 5.26 Å². The molecule has 9 nitrogen and oxygen atoms in total. The number of carbonyl (C=O) groups excluding carboxylic acids is 2.